The van der Waals surface area contributed by atoms with Gasteiger partial charge in [-0.25, -0.2) is 8.42 Å². The van der Waals surface area contributed by atoms with E-state index in [0.717, 1.165) is 6.42 Å². The summed E-state index contributed by atoms with van der Waals surface area (Å²) in [7, 11) is -3.52. The largest absolute Gasteiger partial charge is 0.353 e. The van der Waals surface area contributed by atoms with Crippen molar-refractivity contribution >= 4 is 27.5 Å². The van der Waals surface area contributed by atoms with Gasteiger partial charge in [-0.3, -0.25) is 4.79 Å². The number of nitrogens with zero attached hydrogens (tertiary/aromatic N) is 1. The van der Waals surface area contributed by atoms with Crippen molar-refractivity contribution in [1.82, 2.24) is 9.62 Å². The van der Waals surface area contributed by atoms with Crippen LogP contribution in [0.15, 0.2) is 29.2 Å². The molecule has 0 radical (unpaired) electrons. The number of carbonyl (C=O) groups excluding carboxylic acids is 1. The number of carbonyl (C=O) groups is 1. The zero-order valence-electron chi connectivity index (χ0n) is 15.2. The molecule has 1 aliphatic heterocycles. The molecule has 1 aliphatic carbocycles. The lowest BCUT2D eigenvalue weighted by atomic mass is 9.85. The molecular weight excluding hydrogens is 372 g/mol. The third-order valence-electron chi connectivity index (χ3n) is 5.72. The van der Waals surface area contributed by atoms with Gasteiger partial charge in [0.05, 0.1) is 4.90 Å². The van der Waals surface area contributed by atoms with Crippen LogP contribution < -0.4 is 5.32 Å². The van der Waals surface area contributed by atoms with Gasteiger partial charge in [0.1, 0.15) is 0 Å². The molecule has 2 fully saturated rings. The summed E-state index contributed by atoms with van der Waals surface area (Å²) < 4.78 is 26.9. The van der Waals surface area contributed by atoms with Crippen LogP contribution in [0.1, 0.15) is 45.4 Å². The van der Waals surface area contributed by atoms with Crippen LogP contribution in [0.2, 0.25) is 5.02 Å². The number of hydrogen-bond donors (Lipinski definition) is 1. The molecule has 0 aromatic heterocycles. The lowest BCUT2D eigenvalue weighted by Gasteiger charge is -2.34. The maximum Gasteiger partial charge on any atom is 0.243 e. The van der Waals surface area contributed by atoms with Crippen LogP contribution in [-0.4, -0.2) is 37.8 Å². The van der Waals surface area contributed by atoms with Gasteiger partial charge in [0, 0.05) is 30.1 Å². The van der Waals surface area contributed by atoms with E-state index in [1.54, 1.807) is 12.1 Å². The number of halogens is 1. The highest BCUT2D eigenvalue weighted by atomic mass is 35.5. The Bertz CT molecular complexity index is 728. The summed E-state index contributed by atoms with van der Waals surface area (Å²) >= 11 is 5.84. The van der Waals surface area contributed by atoms with Gasteiger partial charge in [-0.15, -0.1) is 0 Å². The third-order valence-corrected chi connectivity index (χ3v) is 7.88. The second kappa shape index (κ2) is 8.28. The molecular formula is C19H27ClN2O3S. The van der Waals surface area contributed by atoms with E-state index in [1.165, 1.54) is 35.7 Å². The molecule has 1 saturated carbocycles. The van der Waals surface area contributed by atoms with E-state index in [2.05, 4.69) is 12.2 Å². The van der Waals surface area contributed by atoms with E-state index < -0.39 is 10.0 Å². The summed E-state index contributed by atoms with van der Waals surface area (Å²) in [5.41, 5.74) is 0. The number of amides is 1. The highest BCUT2D eigenvalue weighted by Gasteiger charge is 2.33. The van der Waals surface area contributed by atoms with Crippen LogP contribution in [0.5, 0.6) is 0 Å². The van der Waals surface area contributed by atoms with Gasteiger partial charge in [0.2, 0.25) is 15.9 Å². The van der Waals surface area contributed by atoms with Crippen molar-refractivity contribution in [1.29, 1.82) is 0 Å². The monoisotopic (exact) mass is 398 g/mol. The van der Waals surface area contributed by atoms with E-state index in [9.17, 15) is 13.2 Å². The van der Waals surface area contributed by atoms with Crippen LogP contribution in [0.25, 0.3) is 0 Å². The third kappa shape index (κ3) is 4.41. The lowest BCUT2D eigenvalue weighted by molar-refractivity contribution is -0.127. The molecule has 1 aromatic rings. The van der Waals surface area contributed by atoms with Crippen molar-refractivity contribution in [3.05, 3.63) is 29.3 Å². The first-order valence-electron chi connectivity index (χ1n) is 9.44. The van der Waals surface area contributed by atoms with Gasteiger partial charge in [-0.1, -0.05) is 31.4 Å². The summed E-state index contributed by atoms with van der Waals surface area (Å²) in [5, 5.41) is 3.72. The Morgan fingerprint density at radius 1 is 1.08 bits per heavy atom. The standard InChI is InChI=1S/C19H27ClN2O3S/c1-14-4-2-3-5-18(14)21-19(23)15-10-12-22(13-11-15)26(24,25)17-8-6-16(20)7-9-17/h6-9,14-15,18H,2-5,10-13H2,1H3,(H,21,23)/t14-,18+/m1/s1. The summed E-state index contributed by atoms with van der Waals surface area (Å²) in [4.78, 5) is 12.8. The molecule has 144 valence electrons. The fraction of sp³-hybridized carbons (Fsp3) is 0.632. The van der Waals surface area contributed by atoms with E-state index in [-0.39, 0.29) is 22.8 Å². The Labute approximate surface area is 161 Å². The molecule has 2 aliphatic rings. The summed E-state index contributed by atoms with van der Waals surface area (Å²) in [5.74, 6) is 0.520. The maximum atomic E-state index is 12.7. The van der Waals surface area contributed by atoms with Gasteiger partial charge in [-0.2, -0.15) is 4.31 Å². The second-order valence-electron chi connectivity index (χ2n) is 7.51. The lowest BCUT2D eigenvalue weighted by Crippen LogP contribution is -2.47. The molecule has 1 amide bonds. The Morgan fingerprint density at radius 2 is 1.69 bits per heavy atom. The van der Waals surface area contributed by atoms with Crippen molar-refractivity contribution in [3.63, 3.8) is 0 Å². The molecule has 1 N–H and O–H groups in total. The Kier molecular flexibility index (Phi) is 6.25. The van der Waals surface area contributed by atoms with Crippen LogP contribution in [0, 0.1) is 11.8 Å². The predicted molar refractivity (Wildman–Crippen MR) is 102 cm³/mol. The van der Waals surface area contributed by atoms with E-state index >= 15 is 0 Å². The number of sulfonamides is 1. The minimum Gasteiger partial charge on any atom is -0.353 e. The normalized spacial score (nSPS) is 25.8. The quantitative estimate of drug-likeness (QED) is 0.844. The van der Waals surface area contributed by atoms with Crippen molar-refractivity contribution in [3.8, 4) is 0 Å². The van der Waals surface area contributed by atoms with Crippen molar-refractivity contribution in [2.45, 2.75) is 56.4 Å². The fourth-order valence-corrected chi connectivity index (χ4v) is 5.54. The first kappa shape index (κ1) is 19.6. The van der Waals surface area contributed by atoms with E-state index in [1.807, 2.05) is 0 Å². The van der Waals surface area contributed by atoms with Gasteiger partial charge in [0.25, 0.3) is 0 Å². The molecule has 7 heteroatoms. The van der Waals surface area contributed by atoms with Gasteiger partial charge >= 0.3 is 0 Å². The molecule has 26 heavy (non-hydrogen) atoms. The molecule has 0 bridgehead atoms. The van der Waals surface area contributed by atoms with Gasteiger partial charge in [-0.05, 0) is 55.9 Å². The maximum absolute atomic E-state index is 12.7. The van der Waals surface area contributed by atoms with Crippen LogP contribution in [-0.2, 0) is 14.8 Å². The van der Waals surface area contributed by atoms with Gasteiger partial charge < -0.3 is 5.32 Å². The topological polar surface area (TPSA) is 66.5 Å². The summed E-state index contributed by atoms with van der Waals surface area (Å²) in [6, 6.07) is 6.49. The molecule has 1 heterocycles. The van der Waals surface area contributed by atoms with Crippen LogP contribution in [0.3, 0.4) is 0 Å². The highest BCUT2D eigenvalue weighted by Crippen LogP contribution is 2.27. The molecule has 1 saturated heterocycles. The van der Waals surface area contributed by atoms with E-state index in [0.29, 0.717) is 36.9 Å². The first-order chi connectivity index (χ1) is 12.4. The number of rotatable bonds is 4. The Morgan fingerprint density at radius 3 is 2.31 bits per heavy atom. The average molecular weight is 399 g/mol. The number of piperidine rings is 1. The Hall–Kier alpha value is -1.11. The van der Waals surface area contributed by atoms with Crippen molar-refractivity contribution in [2.75, 3.05) is 13.1 Å². The SMILES string of the molecule is C[C@@H]1CCCC[C@@H]1NC(=O)C1CCN(S(=O)(=O)c2ccc(Cl)cc2)CC1. The number of nitrogens with one attached hydrogen (secondary N) is 1. The minimum atomic E-state index is -3.52. The molecule has 0 spiro atoms. The molecule has 0 unspecified atom stereocenters. The number of hydrogen-bond acceptors (Lipinski definition) is 3. The second-order valence-corrected chi connectivity index (χ2v) is 9.88. The summed E-state index contributed by atoms with van der Waals surface area (Å²) in [6.45, 7) is 2.96. The minimum absolute atomic E-state index is 0.0901. The predicted octanol–water partition coefficient (Wildman–Crippen LogP) is 3.44. The molecule has 5 nitrogen and oxygen atoms in total. The van der Waals surface area contributed by atoms with Gasteiger partial charge in [0.15, 0.2) is 0 Å². The average Bonchev–Trinajstić information content (AvgIpc) is 2.64. The van der Waals surface area contributed by atoms with Crippen LogP contribution >= 0.6 is 11.6 Å². The fourth-order valence-electron chi connectivity index (χ4n) is 3.95. The first-order valence-corrected chi connectivity index (χ1v) is 11.3. The zero-order valence-corrected chi connectivity index (χ0v) is 16.7. The van der Waals surface area contributed by atoms with E-state index in [4.69, 9.17) is 11.6 Å². The molecule has 3 rings (SSSR count). The summed E-state index contributed by atoms with van der Waals surface area (Å²) in [6.07, 6.45) is 5.78. The van der Waals surface area contributed by atoms with Crippen molar-refractivity contribution < 1.29 is 13.2 Å². The van der Waals surface area contributed by atoms with Crippen LogP contribution in [0.4, 0.5) is 0 Å². The molecule has 1 aromatic carbocycles. The Balaban J connectivity index is 1.56. The number of benzene rings is 1. The highest BCUT2D eigenvalue weighted by molar-refractivity contribution is 7.89. The van der Waals surface area contributed by atoms with Crippen molar-refractivity contribution in [2.24, 2.45) is 11.8 Å². The molecule has 2 atom stereocenters. The smallest absolute Gasteiger partial charge is 0.243 e. The zero-order chi connectivity index (χ0) is 18.7.